The number of thiophene rings is 1. The third-order valence-electron chi connectivity index (χ3n) is 4.50. The molecule has 24 heavy (non-hydrogen) atoms. The van der Waals surface area contributed by atoms with Gasteiger partial charge in [0.1, 0.15) is 10.5 Å². The molecule has 3 amide bonds. The first-order chi connectivity index (χ1) is 11.4. The molecule has 0 aliphatic carbocycles. The number of likely N-dealkylation sites (tertiary alicyclic amines) is 1. The average molecular weight is 351 g/mol. The zero-order valence-electron chi connectivity index (χ0n) is 13.8. The maximum absolute atomic E-state index is 12.8. The Kier molecular flexibility index (Phi) is 4.49. The van der Waals surface area contributed by atoms with Crippen molar-refractivity contribution in [3.8, 4) is 0 Å². The van der Waals surface area contributed by atoms with Crippen LogP contribution in [0.3, 0.4) is 0 Å². The molecule has 7 nitrogen and oxygen atoms in total. The molecule has 0 unspecified atom stereocenters. The van der Waals surface area contributed by atoms with Crippen LogP contribution in [0.4, 0.5) is 10.5 Å². The van der Waals surface area contributed by atoms with Crippen molar-refractivity contribution in [2.45, 2.75) is 31.8 Å². The third kappa shape index (κ3) is 3.24. The summed E-state index contributed by atoms with van der Waals surface area (Å²) in [6.45, 7) is 3.16. The molecule has 2 saturated heterocycles. The van der Waals surface area contributed by atoms with Crippen LogP contribution in [0.25, 0.3) is 0 Å². The number of amides is 3. The van der Waals surface area contributed by atoms with Crippen molar-refractivity contribution in [3.63, 3.8) is 0 Å². The van der Waals surface area contributed by atoms with Crippen LogP contribution < -0.4 is 5.32 Å². The lowest BCUT2D eigenvalue weighted by Crippen LogP contribution is -2.36. The van der Waals surface area contributed by atoms with Gasteiger partial charge in [-0.25, -0.2) is 4.79 Å². The molecule has 0 radical (unpaired) electrons. The summed E-state index contributed by atoms with van der Waals surface area (Å²) < 4.78 is 5.57. The van der Waals surface area contributed by atoms with Crippen LogP contribution in [0.1, 0.15) is 35.9 Å². The lowest BCUT2D eigenvalue weighted by atomic mass is 9.95. The Balaban J connectivity index is 1.70. The molecule has 2 aliphatic heterocycles. The van der Waals surface area contributed by atoms with E-state index in [-0.39, 0.29) is 17.9 Å². The summed E-state index contributed by atoms with van der Waals surface area (Å²) in [6.07, 6.45) is 1.89. The Morgan fingerprint density at radius 3 is 2.79 bits per heavy atom. The van der Waals surface area contributed by atoms with Gasteiger partial charge in [-0.3, -0.25) is 9.59 Å². The van der Waals surface area contributed by atoms with E-state index in [1.807, 2.05) is 0 Å². The van der Waals surface area contributed by atoms with Crippen molar-refractivity contribution in [2.75, 3.05) is 32.0 Å². The molecule has 8 heteroatoms. The van der Waals surface area contributed by atoms with E-state index in [0.29, 0.717) is 36.6 Å². The van der Waals surface area contributed by atoms with Crippen LogP contribution in [0.2, 0.25) is 0 Å². The highest BCUT2D eigenvalue weighted by Crippen LogP contribution is 2.33. The summed E-state index contributed by atoms with van der Waals surface area (Å²) in [6, 6.07) is 1.74. The molecule has 2 fully saturated rings. The molecule has 130 valence electrons. The summed E-state index contributed by atoms with van der Waals surface area (Å²) in [4.78, 5) is 39.7. The smallest absolute Gasteiger partial charge is 0.410 e. The minimum absolute atomic E-state index is 0.0801. The Bertz CT molecular complexity index is 674. The molecule has 1 atom stereocenters. The van der Waals surface area contributed by atoms with Crippen LogP contribution in [-0.2, 0) is 9.53 Å². The number of anilines is 1. The zero-order chi connectivity index (χ0) is 17.3. The summed E-state index contributed by atoms with van der Waals surface area (Å²) >= 11 is 1.33. The Morgan fingerprint density at radius 1 is 1.33 bits per heavy atom. The highest BCUT2D eigenvalue weighted by Gasteiger charge is 2.44. The standard InChI is InChI=1S/C16H21N3O4S/c1-11(20)17-12-4-9-24-13(12)14(21)19-7-3-5-16(6-8-19)10-18(2)15(22)23-16/h4,9H,3,5-8,10H2,1-2H3,(H,17,20)/t16-/m1/s1. The van der Waals surface area contributed by atoms with E-state index in [2.05, 4.69) is 5.32 Å². The molecule has 3 heterocycles. The quantitative estimate of drug-likeness (QED) is 0.885. The van der Waals surface area contributed by atoms with Gasteiger partial charge in [-0.1, -0.05) is 0 Å². The number of rotatable bonds is 2. The van der Waals surface area contributed by atoms with Gasteiger partial charge in [-0.15, -0.1) is 11.3 Å². The lowest BCUT2D eigenvalue weighted by molar-refractivity contribution is -0.114. The fourth-order valence-electron chi connectivity index (χ4n) is 3.33. The predicted molar refractivity (Wildman–Crippen MR) is 90.2 cm³/mol. The summed E-state index contributed by atoms with van der Waals surface area (Å²) in [7, 11) is 1.73. The van der Waals surface area contributed by atoms with E-state index in [1.165, 1.54) is 18.3 Å². The van der Waals surface area contributed by atoms with Gasteiger partial charge >= 0.3 is 6.09 Å². The van der Waals surface area contributed by atoms with Gasteiger partial charge in [0.05, 0.1) is 12.2 Å². The van der Waals surface area contributed by atoms with E-state index < -0.39 is 5.60 Å². The normalized spacial score (nSPS) is 24.0. The second kappa shape index (κ2) is 6.43. The van der Waals surface area contributed by atoms with E-state index in [4.69, 9.17) is 4.74 Å². The minimum Gasteiger partial charge on any atom is -0.441 e. The predicted octanol–water partition coefficient (Wildman–Crippen LogP) is 2.15. The molecule has 1 N–H and O–H groups in total. The lowest BCUT2D eigenvalue weighted by Gasteiger charge is -2.25. The van der Waals surface area contributed by atoms with E-state index in [1.54, 1.807) is 28.3 Å². The second-order valence-corrected chi connectivity index (χ2v) is 7.31. The van der Waals surface area contributed by atoms with Gasteiger partial charge in [0.25, 0.3) is 5.91 Å². The number of carbonyl (C=O) groups is 3. The maximum Gasteiger partial charge on any atom is 0.410 e. The molecule has 3 rings (SSSR count). The molecule has 1 spiro atoms. The van der Waals surface area contributed by atoms with Gasteiger partial charge in [-0.2, -0.15) is 0 Å². The highest BCUT2D eigenvalue weighted by atomic mass is 32.1. The summed E-state index contributed by atoms with van der Waals surface area (Å²) in [5.41, 5.74) is 0.0834. The van der Waals surface area contributed by atoms with E-state index in [9.17, 15) is 14.4 Å². The molecule has 0 saturated carbocycles. The molecule has 1 aromatic heterocycles. The number of likely N-dealkylation sites (N-methyl/N-ethyl adjacent to an activating group) is 1. The van der Waals surface area contributed by atoms with Gasteiger partial charge in [0.15, 0.2) is 0 Å². The molecule has 2 aliphatic rings. The number of hydrogen-bond acceptors (Lipinski definition) is 5. The number of hydrogen-bond donors (Lipinski definition) is 1. The molecule has 0 aromatic carbocycles. The van der Waals surface area contributed by atoms with Gasteiger partial charge in [0, 0.05) is 33.5 Å². The monoisotopic (exact) mass is 351 g/mol. The van der Waals surface area contributed by atoms with Crippen molar-refractivity contribution < 1.29 is 19.1 Å². The van der Waals surface area contributed by atoms with E-state index >= 15 is 0 Å². The van der Waals surface area contributed by atoms with Crippen LogP contribution in [-0.4, -0.2) is 60.0 Å². The molecule has 1 aromatic rings. The number of nitrogens with one attached hydrogen (secondary N) is 1. The SMILES string of the molecule is CC(=O)Nc1ccsc1C(=O)N1CCC[C@@]2(CC1)CN(C)C(=O)O2. The van der Waals surface area contributed by atoms with Crippen molar-refractivity contribution in [3.05, 3.63) is 16.3 Å². The first-order valence-corrected chi connectivity index (χ1v) is 8.87. The number of ether oxygens (including phenoxy) is 1. The van der Waals surface area contributed by atoms with Crippen LogP contribution >= 0.6 is 11.3 Å². The molecule has 0 bridgehead atoms. The summed E-state index contributed by atoms with van der Waals surface area (Å²) in [5, 5.41) is 4.49. The van der Waals surface area contributed by atoms with Crippen LogP contribution in [0.15, 0.2) is 11.4 Å². The van der Waals surface area contributed by atoms with Crippen molar-refractivity contribution in [2.24, 2.45) is 0 Å². The Hall–Kier alpha value is -2.09. The average Bonchev–Trinajstić information content (AvgIpc) is 2.99. The van der Waals surface area contributed by atoms with Crippen molar-refractivity contribution >= 4 is 34.9 Å². The van der Waals surface area contributed by atoms with Crippen LogP contribution in [0, 0.1) is 0 Å². The number of carbonyl (C=O) groups excluding carboxylic acids is 3. The van der Waals surface area contributed by atoms with Crippen molar-refractivity contribution in [1.29, 1.82) is 0 Å². The Labute approximate surface area is 144 Å². The summed E-state index contributed by atoms with van der Waals surface area (Å²) in [5.74, 6) is -0.276. The number of nitrogens with zero attached hydrogens (tertiary/aromatic N) is 2. The largest absolute Gasteiger partial charge is 0.441 e. The molecular formula is C16H21N3O4S. The third-order valence-corrected chi connectivity index (χ3v) is 5.40. The van der Waals surface area contributed by atoms with Crippen molar-refractivity contribution in [1.82, 2.24) is 9.80 Å². The fraction of sp³-hybridized carbons (Fsp3) is 0.562. The maximum atomic E-state index is 12.8. The van der Waals surface area contributed by atoms with Gasteiger partial charge < -0.3 is 19.9 Å². The molecular weight excluding hydrogens is 330 g/mol. The van der Waals surface area contributed by atoms with Gasteiger partial charge in [-0.05, 0) is 24.3 Å². The highest BCUT2D eigenvalue weighted by molar-refractivity contribution is 7.12. The first-order valence-electron chi connectivity index (χ1n) is 7.99. The first kappa shape index (κ1) is 16.8. The fourth-order valence-corrected chi connectivity index (χ4v) is 4.15. The second-order valence-electron chi connectivity index (χ2n) is 6.40. The zero-order valence-corrected chi connectivity index (χ0v) is 14.6. The van der Waals surface area contributed by atoms with E-state index in [0.717, 1.165) is 12.8 Å². The van der Waals surface area contributed by atoms with Crippen LogP contribution in [0.5, 0.6) is 0 Å². The topological polar surface area (TPSA) is 79.0 Å². The minimum atomic E-state index is -0.475. The Morgan fingerprint density at radius 2 is 2.12 bits per heavy atom. The van der Waals surface area contributed by atoms with Gasteiger partial charge in [0.2, 0.25) is 5.91 Å².